The number of carbonyl (C=O) groups excluding carboxylic acids is 2. The summed E-state index contributed by atoms with van der Waals surface area (Å²) >= 11 is 1.34. The molecule has 3 rings (SSSR count). The van der Waals surface area contributed by atoms with Crippen molar-refractivity contribution in [2.24, 2.45) is 0 Å². The number of fused-ring (bicyclic) bond motifs is 1. The minimum absolute atomic E-state index is 0.131. The molecule has 0 saturated carbocycles. The SMILES string of the molecule is CC(=O)Nc1ccc(/C=C2/CSc3c(F)cccc3C2=O)cc1. The minimum Gasteiger partial charge on any atom is -0.326 e. The van der Waals surface area contributed by atoms with Gasteiger partial charge in [0, 0.05) is 29.5 Å². The Morgan fingerprint density at radius 2 is 1.96 bits per heavy atom. The number of carbonyl (C=O) groups is 2. The molecule has 1 aliphatic heterocycles. The summed E-state index contributed by atoms with van der Waals surface area (Å²) in [6, 6.07) is 11.8. The highest BCUT2D eigenvalue weighted by Crippen LogP contribution is 2.35. The van der Waals surface area contributed by atoms with Crippen LogP contribution in [0.25, 0.3) is 6.08 Å². The Morgan fingerprint density at radius 1 is 1.22 bits per heavy atom. The standard InChI is InChI=1S/C18H14FNO2S/c1-11(21)20-14-7-5-12(6-8-14)9-13-10-23-18-15(17(13)22)3-2-4-16(18)19/h2-9H,10H2,1H3,(H,20,21)/b13-9-. The van der Waals surface area contributed by atoms with Crippen LogP contribution in [0.2, 0.25) is 0 Å². The van der Waals surface area contributed by atoms with Crippen molar-refractivity contribution in [2.45, 2.75) is 11.8 Å². The zero-order valence-corrected chi connectivity index (χ0v) is 13.2. The summed E-state index contributed by atoms with van der Waals surface area (Å²) in [5.74, 6) is -0.169. The fourth-order valence-electron chi connectivity index (χ4n) is 2.40. The van der Waals surface area contributed by atoms with Crippen molar-refractivity contribution in [3.05, 3.63) is 65.0 Å². The number of amides is 1. The van der Waals surface area contributed by atoms with Crippen LogP contribution < -0.4 is 5.32 Å². The van der Waals surface area contributed by atoms with Crippen molar-refractivity contribution < 1.29 is 14.0 Å². The molecule has 0 radical (unpaired) electrons. The summed E-state index contributed by atoms with van der Waals surface area (Å²) in [6.45, 7) is 1.45. The summed E-state index contributed by atoms with van der Waals surface area (Å²) in [4.78, 5) is 23.9. The lowest BCUT2D eigenvalue weighted by Gasteiger charge is -2.17. The molecule has 1 heterocycles. The average Bonchev–Trinajstić information content (AvgIpc) is 2.52. The third kappa shape index (κ3) is 3.35. The summed E-state index contributed by atoms with van der Waals surface area (Å²) in [7, 11) is 0. The molecule has 0 bridgehead atoms. The van der Waals surface area contributed by atoms with Gasteiger partial charge in [-0.3, -0.25) is 9.59 Å². The molecule has 0 aromatic heterocycles. The third-order valence-corrected chi connectivity index (χ3v) is 4.61. The van der Waals surface area contributed by atoms with Gasteiger partial charge in [0.05, 0.1) is 4.90 Å². The van der Waals surface area contributed by atoms with E-state index in [1.165, 1.54) is 24.8 Å². The summed E-state index contributed by atoms with van der Waals surface area (Å²) < 4.78 is 13.7. The second kappa shape index (κ2) is 6.38. The second-order valence-corrected chi connectivity index (χ2v) is 6.19. The van der Waals surface area contributed by atoms with Crippen LogP contribution in [0.1, 0.15) is 22.8 Å². The van der Waals surface area contributed by atoms with E-state index < -0.39 is 0 Å². The van der Waals surface area contributed by atoms with E-state index in [1.54, 1.807) is 30.3 Å². The first kappa shape index (κ1) is 15.5. The molecule has 0 unspecified atom stereocenters. The topological polar surface area (TPSA) is 46.2 Å². The number of hydrogen-bond acceptors (Lipinski definition) is 3. The first-order chi connectivity index (χ1) is 11.0. The van der Waals surface area contributed by atoms with Gasteiger partial charge >= 0.3 is 0 Å². The van der Waals surface area contributed by atoms with E-state index in [0.717, 1.165) is 5.56 Å². The highest BCUT2D eigenvalue weighted by Gasteiger charge is 2.24. The summed E-state index contributed by atoms with van der Waals surface area (Å²) in [5.41, 5.74) is 2.63. The summed E-state index contributed by atoms with van der Waals surface area (Å²) in [5, 5.41) is 2.69. The first-order valence-corrected chi connectivity index (χ1v) is 8.07. The molecule has 1 N–H and O–H groups in total. The Morgan fingerprint density at radius 3 is 2.65 bits per heavy atom. The van der Waals surface area contributed by atoms with Gasteiger partial charge < -0.3 is 5.32 Å². The number of halogens is 1. The number of rotatable bonds is 2. The number of anilines is 1. The minimum atomic E-state index is -0.348. The van der Waals surface area contributed by atoms with Crippen LogP contribution in [0.5, 0.6) is 0 Å². The predicted octanol–water partition coefficient (Wildman–Crippen LogP) is 4.16. The average molecular weight is 327 g/mol. The van der Waals surface area contributed by atoms with Gasteiger partial charge in [0.15, 0.2) is 5.78 Å². The van der Waals surface area contributed by atoms with Crippen LogP contribution in [-0.2, 0) is 4.79 Å². The van der Waals surface area contributed by atoms with Gasteiger partial charge in [0.2, 0.25) is 5.91 Å². The molecule has 3 nitrogen and oxygen atoms in total. The number of ketones is 1. The van der Waals surface area contributed by atoms with Gasteiger partial charge in [-0.25, -0.2) is 4.39 Å². The molecule has 23 heavy (non-hydrogen) atoms. The molecular formula is C18H14FNO2S. The van der Waals surface area contributed by atoms with E-state index >= 15 is 0 Å². The number of Topliss-reactive ketones (excluding diaryl/α,β-unsaturated/α-hetero) is 1. The van der Waals surface area contributed by atoms with E-state index in [0.29, 0.717) is 27.5 Å². The van der Waals surface area contributed by atoms with Gasteiger partial charge in [-0.1, -0.05) is 18.2 Å². The van der Waals surface area contributed by atoms with Crippen LogP contribution in [-0.4, -0.2) is 17.4 Å². The third-order valence-electron chi connectivity index (χ3n) is 3.45. The van der Waals surface area contributed by atoms with Crippen molar-refractivity contribution >= 4 is 35.2 Å². The molecule has 2 aromatic carbocycles. The molecule has 1 amide bonds. The van der Waals surface area contributed by atoms with Gasteiger partial charge in [-0.05, 0) is 35.9 Å². The number of benzene rings is 2. The Labute approximate surface area is 137 Å². The second-order valence-electron chi connectivity index (χ2n) is 5.21. The maximum absolute atomic E-state index is 13.7. The molecule has 0 aliphatic carbocycles. The van der Waals surface area contributed by atoms with Gasteiger partial charge in [0.1, 0.15) is 5.82 Å². The van der Waals surface area contributed by atoms with Crippen LogP contribution in [0.4, 0.5) is 10.1 Å². The van der Waals surface area contributed by atoms with Crippen LogP contribution in [0.15, 0.2) is 52.9 Å². The molecule has 0 atom stereocenters. The highest BCUT2D eigenvalue weighted by molar-refractivity contribution is 7.99. The first-order valence-electron chi connectivity index (χ1n) is 7.09. The summed E-state index contributed by atoms with van der Waals surface area (Å²) in [6.07, 6.45) is 1.81. The largest absolute Gasteiger partial charge is 0.326 e. The van der Waals surface area contributed by atoms with E-state index in [2.05, 4.69) is 5.32 Å². The maximum Gasteiger partial charge on any atom is 0.221 e. The van der Waals surface area contributed by atoms with Gasteiger partial charge in [0.25, 0.3) is 0 Å². The fourth-order valence-corrected chi connectivity index (χ4v) is 3.43. The zero-order chi connectivity index (χ0) is 16.4. The number of nitrogens with one attached hydrogen (secondary N) is 1. The number of hydrogen-bond donors (Lipinski definition) is 1. The van der Waals surface area contributed by atoms with Crippen LogP contribution in [0, 0.1) is 5.82 Å². The Balaban J connectivity index is 1.86. The predicted molar refractivity (Wildman–Crippen MR) is 90.2 cm³/mol. The van der Waals surface area contributed by atoms with E-state index in [-0.39, 0.29) is 17.5 Å². The quantitative estimate of drug-likeness (QED) is 0.843. The number of thioether (sulfide) groups is 1. The fraction of sp³-hybridized carbons (Fsp3) is 0.111. The van der Waals surface area contributed by atoms with E-state index in [4.69, 9.17) is 0 Å². The smallest absolute Gasteiger partial charge is 0.221 e. The normalized spacial score (nSPS) is 15.4. The molecule has 2 aromatic rings. The molecule has 1 aliphatic rings. The lowest BCUT2D eigenvalue weighted by atomic mass is 10.0. The van der Waals surface area contributed by atoms with Gasteiger partial charge in [-0.15, -0.1) is 11.8 Å². The highest BCUT2D eigenvalue weighted by atomic mass is 32.2. The lowest BCUT2D eigenvalue weighted by molar-refractivity contribution is -0.114. The maximum atomic E-state index is 13.7. The monoisotopic (exact) mass is 327 g/mol. The molecule has 0 spiro atoms. The zero-order valence-electron chi connectivity index (χ0n) is 12.4. The lowest BCUT2D eigenvalue weighted by Crippen LogP contribution is -2.13. The van der Waals surface area contributed by atoms with E-state index in [1.807, 2.05) is 12.1 Å². The van der Waals surface area contributed by atoms with Crippen molar-refractivity contribution in [3.8, 4) is 0 Å². The van der Waals surface area contributed by atoms with E-state index in [9.17, 15) is 14.0 Å². The molecule has 0 fully saturated rings. The van der Waals surface area contributed by atoms with Crippen molar-refractivity contribution in [2.75, 3.05) is 11.1 Å². The Hall–Kier alpha value is -2.40. The molecule has 0 saturated heterocycles. The molecule has 5 heteroatoms. The van der Waals surface area contributed by atoms with Crippen molar-refractivity contribution in [3.63, 3.8) is 0 Å². The van der Waals surface area contributed by atoms with Crippen molar-refractivity contribution in [1.82, 2.24) is 0 Å². The molecule has 116 valence electrons. The van der Waals surface area contributed by atoms with Crippen LogP contribution in [0.3, 0.4) is 0 Å². The van der Waals surface area contributed by atoms with Crippen molar-refractivity contribution in [1.29, 1.82) is 0 Å². The Kier molecular flexibility index (Phi) is 4.30. The van der Waals surface area contributed by atoms with Crippen LogP contribution >= 0.6 is 11.8 Å². The Bertz CT molecular complexity index is 812. The molecular weight excluding hydrogens is 313 g/mol. The van der Waals surface area contributed by atoms with Gasteiger partial charge in [-0.2, -0.15) is 0 Å².